The summed E-state index contributed by atoms with van der Waals surface area (Å²) in [5, 5.41) is 3.88. The van der Waals surface area contributed by atoms with Crippen molar-refractivity contribution in [2.45, 2.75) is 19.9 Å². The van der Waals surface area contributed by atoms with E-state index in [9.17, 15) is 4.79 Å². The predicted octanol–water partition coefficient (Wildman–Crippen LogP) is 2.95. The highest BCUT2D eigenvalue weighted by atomic mass is 35.5. The number of hydrogen-bond acceptors (Lipinski definition) is 3. The van der Waals surface area contributed by atoms with Crippen LogP contribution in [-0.4, -0.2) is 19.1 Å². The van der Waals surface area contributed by atoms with Gasteiger partial charge in [0.15, 0.2) is 0 Å². The second-order valence-electron chi connectivity index (χ2n) is 3.76. The average Bonchev–Trinajstić information content (AvgIpc) is 2.27. The Kier molecular flexibility index (Phi) is 4.62. The minimum absolute atomic E-state index is 0.00841. The molecule has 0 aliphatic carbocycles. The zero-order valence-corrected chi connectivity index (χ0v) is 10.4. The number of anilines is 1. The molecule has 0 bridgehead atoms. The summed E-state index contributed by atoms with van der Waals surface area (Å²) in [5.74, 6) is -0.425. The van der Waals surface area contributed by atoms with Crippen LogP contribution in [-0.2, 0) is 9.53 Å². The Labute approximate surface area is 101 Å². The van der Waals surface area contributed by atoms with Gasteiger partial charge in [0.05, 0.1) is 13.0 Å². The van der Waals surface area contributed by atoms with E-state index in [1.54, 1.807) is 6.07 Å². The number of esters is 1. The van der Waals surface area contributed by atoms with Crippen molar-refractivity contribution >= 4 is 23.3 Å². The molecule has 0 saturated carbocycles. The van der Waals surface area contributed by atoms with Crippen LogP contribution in [0, 0.1) is 5.92 Å². The van der Waals surface area contributed by atoms with Gasteiger partial charge in [0.25, 0.3) is 0 Å². The molecule has 1 aromatic rings. The number of ether oxygens (including phenoxy) is 1. The van der Waals surface area contributed by atoms with E-state index < -0.39 is 0 Å². The van der Waals surface area contributed by atoms with Crippen LogP contribution < -0.4 is 5.32 Å². The van der Waals surface area contributed by atoms with Crippen LogP contribution in [0.4, 0.5) is 5.69 Å². The van der Waals surface area contributed by atoms with Crippen molar-refractivity contribution in [2.24, 2.45) is 5.92 Å². The van der Waals surface area contributed by atoms with E-state index in [0.717, 1.165) is 5.69 Å². The molecule has 0 aromatic heterocycles. The van der Waals surface area contributed by atoms with Crippen molar-refractivity contribution < 1.29 is 9.53 Å². The number of benzene rings is 1. The first-order valence-corrected chi connectivity index (χ1v) is 5.52. The molecule has 3 nitrogen and oxygen atoms in total. The molecule has 1 aromatic carbocycles. The maximum absolute atomic E-state index is 11.3. The minimum atomic E-state index is -0.220. The lowest BCUT2D eigenvalue weighted by molar-refractivity contribution is -0.145. The molecule has 2 atom stereocenters. The van der Waals surface area contributed by atoms with Gasteiger partial charge in [-0.1, -0.05) is 17.7 Å². The fourth-order valence-electron chi connectivity index (χ4n) is 1.36. The Morgan fingerprint density at radius 2 is 2.12 bits per heavy atom. The summed E-state index contributed by atoms with van der Waals surface area (Å²) >= 11 is 5.87. The Morgan fingerprint density at radius 1 is 1.44 bits per heavy atom. The molecule has 0 fully saturated rings. The van der Waals surface area contributed by atoms with Crippen LogP contribution in [0.15, 0.2) is 24.3 Å². The van der Waals surface area contributed by atoms with Crippen molar-refractivity contribution in [1.29, 1.82) is 0 Å². The molecule has 1 N–H and O–H groups in total. The van der Waals surface area contributed by atoms with Crippen molar-refractivity contribution in [2.75, 3.05) is 12.4 Å². The van der Waals surface area contributed by atoms with Gasteiger partial charge >= 0.3 is 5.97 Å². The summed E-state index contributed by atoms with van der Waals surface area (Å²) in [6, 6.07) is 7.39. The Hall–Kier alpha value is -1.22. The third-order valence-electron chi connectivity index (χ3n) is 2.54. The second kappa shape index (κ2) is 5.75. The number of hydrogen-bond donors (Lipinski definition) is 1. The van der Waals surface area contributed by atoms with Crippen molar-refractivity contribution in [3.63, 3.8) is 0 Å². The molecule has 0 radical (unpaired) electrons. The van der Waals surface area contributed by atoms with Crippen LogP contribution in [0.25, 0.3) is 0 Å². The standard InChI is InChI=1S/C12H16ClNO2/c1-8(12(15)16-3)9(2)14-11-6-4-5-10(13)7-11/h4-9,14H,1-3H3. The number of halogens is 1. The van der Waals surface area contributed by atoms with E-state index >= 15 is 0 Å². The molecule has 0 heterocycles. The quantitative estimate of drug-likeness (QED) is 0.824. The van der Waals surface area contributed by atoms with Crippen LogP contribution in [0.2, 0.25) is 5.02 Å². The highest BCUT2D eigenvalue weighted by molar-refractivity contribution is 6.30. The molecular formula is C12H16ClNO2. The lowest BCUT2D eigenvalue weighted by atomic mass is 10.0. The fraction of sp³-hybridized carbons (Fsp3) is 0.417. The molecule has 0 spiro atoms. The van der Waals surface area contributed by atoms with Crippen molar-refractivity contribution in [1.82, 2.24) is 0 Å². The number of carbonyl (C=O) groups is 1. The molecule has 1 rings (SSSR count). The molecule has 0 saturated heterocycles. The topological polar surface area (TPSA) is 38.3 Å². The highest BCUT2D eigenvalue weighted by Gasteiger charge is 2.20. The van der Waals surface area contributed by atoms with Crippen LogP contribution in [0.5, 0.6) is 0 Å². The van der Waals surface area contributed by atoms with E-state index in [1.165, 1.54) is 7.11 Å². The summed E-state index contributed by atoms with van der Waals surface area (Å²) in [4.78, 5) is 11.3. The number of methoxy groups -OCH3 is 1. The summed E-state index contributed by atoms with van der Waals surface area (Å²) in [6.45, 7) is 3.76. The Balaban J connectivity index is 2.64. The zero-order valence-electron chi connectivity index (χ0n) is 9.66. The number of carbonyl (C=O) groups excluding carboxylic acids is 1. The first-order valence-electron chi connectivity index (χ1n) is 5.14. The van der Waals surface area contributed by atoms with E-state index in [-0.39, 0.29) is 17.9 Å². The lowest BCUT2D eigenvalue weighted by Gasteiger charge is -2.20. The zero-order chi connectivity index (χ0) is 12.1. The van der Waals surface area contributed by atoms with E-state index in [0.29, 0.717) is 5.02 Å². The van der Waals surface area contributed by atoms with Gasteiger partial charge in [-0.15, -0.1) is 0 Å². The van der Waals surface area contributed by atoms with Crippen LogP contribution in [0.3, 0.4) is 0 Å². The van der Waals surface area contributed by atoms with Gasteiger partial charge in [0, 0.05) is 16.8 Å². The largest absolute Gasteiger partial charge is 0.469 e. The van der Waals surface area contributed by atoms with Gasteiger partial charge in [-0.2, -0.15) is 0 Å². The van der Waals surface area contributed by atoms with Gasteiger partial charge in [0.1, 0.15) is 0 Å². The molecule has 4 heteroatoms. The highest BCUT2D eigenvalue weighted by Crippen LogP contribution is 2.18. The summed E-state index contributed by atoms with van der Waals surface area (Å²) < 4.78 is 4.69. The van der Waals surface area contributed by atoms with Crippen LogP contribution >= 0.6 is 11.6 Å². The SMILES string of the molecule is COC(=O)C(C)C(C)Nc1cccc(Cl)c1. The Morgan fingerprint density at radius 3 is 2.69 bits per heavy atom. The summed E-state index contributed by atoms with van der Waals surface area (Å²) in [6.07, 6.45) is 0. The normalized spacial score (nSPS) is 14.0. The van der Waals surface area contributed by atoms with Gasteiger partial charge in [-0.3, -0.25) is 4.79 Å². The second-order valence-corrected chi connectivity index (χ2v) is 4.19. The first kappa shape index (κ1) is 12.8. The maximum Gasteiger partial charge on any atom is 0.310 e. The lowest BCUT2D eigenvalue weighted by Crippen LogP contribution is -2.30. The van der Waals surface area contributed by atoms with E-state index in [1.807, 2.05) is 32.0 Å². The fourth-order valence-corrected chi connectivity index (χ4v) is 1.55. The molecule has 0 aliphatic heterocycles. The number of nitrogens with one attached hydrogen (secondary N) is 1. The molecular weight excluding hydrogens is 226 g/mol. The third-order valence-corrected chi connectivity index (χ3v) is 2.78. The smallest absolute Gasteiger partial charge is 0.310 e. The first-order chi connectivity index (χ1) is 7.54. The maximum atomic E-state index is 11.3. The molecule has 0 aliphatic rings. The average molecular weight is 242 g/mol. The molecule has 2 unspecified atom stereocenters. The van der Waals surface area contributed by atoms with Crippen molar-refractivity contribution in [3.05, 3.63) is 29.3 Å². The minimum Gasteiger partial charge on any atom is -0.469 e. The molecule has 88 valence electrons. The number of rotatable bonds is 4. The van der Waals surface area contributed by atoms with Gasteiger partial charge in [0.2, 0.25) is 0 Å². The van der Waals surface area contributed by atoms with Crippen molar-refractivity contribution in [3.8, 4) is 0 Å². The molecule has 16 heavy (non-hydrogen) atoms. The monoisotopic (exact) mass is 241 g/mol. The molecule has 0 amide bonds. The predicted molar refractivity (Wildman–Crippen MR) is 65.7 cm³/mol. The third kappa shape index (κ3) is 3.42. The van der Waals surface area contributed by atoms with Crippen LogP contribution in [0.1, 0.15) is 13.8 Å². The van der Waals surface area contributed by atoms with E-state index in [4.69, 9.17) is 11.6 Å². The Bertz CT molecular complexity index is 368. The van der Waals surface area contributed by atoms with Gasteiger partial charge in [-0.25, -0.2) is 0 Å². The van der Waals surface area contributed by atoms with Gasteiger partial charge in [-0.05, 0) is 32.0 Å². The summed E-state index contributed by atoms with van der Waals surface area (Å²) in [7, 11) is 1.39. The van der Waals surface area contributed by atoms with Gasteiger partial charge < -0.3 is 10.1 Å². The van der Waals surface area contributed by atoms with E-state index in [2.05, 4.69) is 10.1 Å². The summed E-state index contributed by atoms with van der Waals surface area (Å²) in [5.41, 5.74) is 0.899.